The molecule has 2 rings (SSSR count). The van der Waals surface area contributed by atoms with Crippen molar-refractivity contribution in [1.29, 1.82) is 5.26 Å². The highest BCUT2D eigenvalue weighted by atomic mass is 19.4. The smallest absolute Gasteiger partial charge is 0.408 e. The molecule has 0 radical (unpaired) electrons. The quantitative estimate of drug-likeness (QED) is 0.869. The maximum atomic E-state index is 13.3. The van der Waals surface area contributed by atoms with E-state index in [9.17, 15) is 18.3 Å². The van der Waals surface area contributed by atoms with Crippen LogP contribution in [0.3, 0.4) is 0 Å². The minimum absolute atomic E-state index is 0.0992. The van der Waals surface area contributed by atoms with E-state index in [1.54, 1.807) is 6.07 Å². The number of rotatable bonds is 2. The van der Waals surface area contributed by atoms with Gasteiger partial charge in [-0.25, -0.2) is 0 Å². The van der Waals surface area contributed by atoms with E-state index in [4.69, 9.17) is 5.26 Å². The van der Waals surface area contributed by atoms with Crippen LogP contribution in [-0.2, 0) is 0 Å². The maximum absolute atomic E-state index is 13.3. The standard InChI is InChI=1S/C13H14F3N3O/c14-13(15,16)12(19-5-3-18-4-6-19)10-7-9(8-17)1-2-11(10)20/h1-2,7,12,18,20H,3-6H2/t12-/m1/s1. The zero-order valence-corrected chi connectivity index (χ0v) is 10.6. The fraction of sp³-hybridized carbons (Fsp3) is 0.462. The SMILES string of the molecule is N#Cc1ccc(O)c([C@@H](N2CCNCC2)C(F)(F)F)c1. The van der Waals surface area contributed by atoms with Crippen LogP contribution in [0.25, 0.3) is 0 Å². The minimum Gasteiger partial charge on any atom is -0.508 e. The Morgan fingerprint density at radius 3 is 2.50 bits per heavy atom. The molecular formula is C13H14F3N3O. The van der Waals surface area contributed by atoms with Gasteiger partial charge in [0.05, 0.1) is 11.6 Å². The van der Waals surface area contributed by atoms with Gasteiger partial charge in [-0.2, -0.15) is 18.4 Å². The minimum atomic E-state index is -4.51. The zero-order chi connectivity index (χ0) is 14.8. The molecule has 0 saturated carbocycles. The summed E-state index contributed by atoms with van der Waals surface area (Å²) < 4.78 is 40.0. The first kappa shape index (κ1) is 14.6. The van der Waals surface area contributed by atoms with Crippen LogP contribution in [0, 0.1) is 11.3 Å². The molecular weight excluding hydrogens is 271 g/mol. The van der Waals surface area contributed by atoms with Gasteiger partial charge in [-0.15, -0.1) is 0 Å². The predicted octanol–water partition coefficient (Wildman–Crippen LogP) is 1.77. The Labute approximate surface area is 114 Å². The number of nitriles is 1. The van der Waals surface area contributed by atoms with Crippen molar-refractivity contribution < 1.29 is 18.3 Å². The molecule has 0 unspecified atom stereocenters. The van der Waals surface area contributed by atoms with Crippen molar-refractivity contribution >= 4 is 0 Å². The zero-order valence-electron chi connectivity index (χ0n) is 10.6. The van der Waals surface area contributed by atoms with Gasteiger partial charge in [0, 0.05) is 31.7 Å². The van der Waals surface area contributed by atoms with Gasteiger partial charge in [-0.05, 0) is 18.2 Å². The summed E-state index contributed by atoms with van der Waals surface area (Å²) in [6.45, 7) is 1.40. The summed E-state index contributed by atoms with van der Waals surface area (Å²) >= 11 is 0. The van der Waals surface area contributed by atoms with Crippen molar-refractivity contribution in [3.05, 3.63) is 29.3 Å². The number of phenols is 1. The van der Waals surface area contributed by atoms with Crippen molar-refractivity contribution in [2.24, 2.45) is 0 Å². The summed E-state index contributed by atoms with van der Waals surface area (Å²) in [4.78, 5) is 1.27. The molecule has 7 heteroatoms. The molecule has 1 aliphatic rings. The van der Waals surface area contributed by atoms with Crippen LogP contribution in [0.15, 0.2) is 18.2 Å². The monoisotopic (exact) mass is 285 g/mol. The molecule has 1 saturated heterocycles. The first-order valence-electron chi connectivity index (χ1n) is 6.18. The lowest BCUT2D eigenvalue weighted by molar-refractivity contribution is -0.188. The number of hydrogen-bond donors (Lipinski definition) is 2. The van der Waals surface area contributed by atoms with Crippen LogP contribution in [0.4, 0.5) is 13.2 Å². The highest BCUT2D eigenvalue weighted by molar-refractivity contribution is 5.43. The van der Waals surface area contributed by atoms with E-state index in [-0.39, 0.29) is 24.2 Å². The van der Waals surface area contributed by atoms with Crippen LogP contribution in [0.1, 0.15) is 17.2 Å². The predicted molar refractivity (Wildman–Crippen MR) is 66.1 cm³/mol. The third kappa shape index (κ3) is 3.03. The van der Waals surface area contributed by atoms with Crippen LogP contribution in [-0.4, -0.2) is 42.4 Å². The Kier molecular flexibility index (Phi) is 4.16. The van der Waals surface area contributed by atoms with Crippen molar-refractivity contribution in [1.82, 2.24) is 10.2 Å². The van der Waals surface area contributed by atoms with Crippen LogP contribution < -0.4 is 5.32 Å². The average molecular weight is 285 g/mol. The fourth-order valence-electron chi connectivity index (χ4n) is 2.36. The van der Waals surface area contributed by atoms with Crippen molar-refractivity contribution in [2.75, 3.05) is 26.2 Å². The molecule has 1 aromatic rings. The molecule has 1 aliphatic heterocycles. The van der Waals surface area contributed by atoms with Gasteiger partial charge < -0.3 is 10.4 Å². The summed E-state index contributed by atoms with van der Waals surface area (Å²) in [7, 11) is 0. The third-order valence-corrected chi connectivity index (χ3v) is 3.28. The first-order valence-corrected chi connectivity index (χ1v) is 6.18. The van der Waals surface area contributed by atoms with Crippen LogP contribution in [0.5, 0.6) is 5.75 Å². The topological polar surface area (TPSA) is 59.3 Å². The number of hydrogen-bond acceptors (Lipinski definition) is 4. The summed E-state index contributed by atoms with van der Waals surface area (Å²) in [5.74, 6) is -0.440. The van der Waals surface area contributed by atoms with Gasteiger partial charge in [0.2, 0.25) is 0 Å². The fourth-order valence-corrected chi connectivity index (χ4v) is 2.36. The van der Waals surface area contributed by atoms with Gasteiger partial charge in [-0.1, -0.05) is 0 Å². The molecule has 1 fully saturated rings. The number of nitrogens with zero attached hydrogens (tertiary/aromatic N) is 2. The summed E-state index contributed by atoms with van der Waals surface area (Å²) in [5.41, 5.74) is -0.166. The molecule has 20 heavy (non-hydrogen) atoms. The second kappa shape index (κ2) is 5.69. The highest BCUT2D eigenvalue weighted by Crippen LogP contribution is 2.41. The largest absolute Gasteiger partial charge is 0.508 e. The Morgan fingerprint density at radius 2 is 1.95 bits per heavy atom. The molecule has 1 atom stereocenters. The second-order valence-electron chi connectivity index (χ2n) is 4.62. The van der Waals surface area contributed by atoms with E-state index in [1.165, 1.54) is 11.0 Å². The molecule has 0 bridgehead atoms. The summed E-state index contributed by atoms with van der Waals surface area (Å²) in [5, 5.41) is 21.5. The van der Waals surface area contributed by atoms with Crippen LogP contribution >= 0.6 is 0 Å². The van der Waals surface area contributed by atoms with Gasteiger partial charge >= 0.3 is 6.18 Å². The van der Waals surface area contributed by atoms with E-state index in [2.05, 4.69) is 5.32 Å². The van der Waals surface area contributed by atoms with E-state index < -0.39 is 18.0 Å². The molecule has 1 heterocycles. The molecule has 2 N–H and O–H groups in total. The molecule has 0 aromatic heterocycles. The van der Waals surface area contributed by atoms with Crippen molar-refractivity contribution in [2.45, 2.75) is 12.2 Å². The Bertz CT molecular complexity index is 519. The number of benzene rings is 1. The number of phenolic OH excluding ortho intramolecular Hbond substituents is 1. The van der Waals surface area contributed by atoms with E-state index in [0.717, 1.165) is 12.1 Å². The van der Waals surface area contributed by atoms with Gasteiger partial charge in [0.1, 0.15) is 11.8 Å². The second-order valence-corrected chi connectivity index (χ2v) is 4.62. The molecule has 0 amide bonds. The molecule has 4 nitrogen and oxygen atoms in total. The molecule has 0 aliphatic carbocycles. The summed E-state index contributed by atoms with van der Waals surface area (Å²) in [6.07, 6.45) is -4.51. The highest BCUT2D eigenvalue weighted by Gasteiger charge is 2.46. The van der Waals surface area contributed by atoms with Crippen molar-refractivity contribution in [3.63, 3.8) is 0 Å². The Balaban J connectivity index is 2.43. The van der Waals surface area contributed by atoms with Gasteiger partial charge in [-0.3, -0.25) is 4.90 Å². The first-order chi connectivity index (χ1) is 9.43. The number of aromatic hydroxyl groups is 1. The number of alkyl halides is 3. The van der Waals surface area contributed by atoms with E-state index in [0.29, 0.717) is 13.1 Å². The Morgan fingerprint density at radius 1 is 1.30 bits per heavy atom. The lowest BCUT2D eigenvalue weighted by Gasteiger charge is -2.36. The molecule has 0 spiro atoms. The average Bonchev–Trinajstić information content (AvgIpc) is 2.41. The van der Waals surface area contributed by atoms with Crippen molar-refractivity contribution in [3.8, 4) is 11.8 Å². The number of piperazine rings is 1. The van der Waals surface area contributed by atoms with E-state index in [1.807, 2.05) is 0 Å². The third-order valence-electron chi connectivity index (χ3n) is 3.28. The summed E-state index contributed by atoms with van der Waals surface area (Å²) in [6, 6.07) is 3.44. The lowest BCUT2D eigenvalue weighted by atomic mass is 10.0. The number of nitrogens with one attached hydrogen (secondary N) is 1. The van der Waals surface area contributed by atoms with Gasteiger partial charge in [0.25, 0.3) is 0 Å². The molecule has 1 aromatic carbocycles. The maximum Gasteiger partial charge on any atom is 0.408 e. The molecule has 108 valence electrons. The number of halogens is 3. The normalized spacial score (nSPS) is 18.5. The Hall–Kier alpha value is -1.78. The van der Waals surface area contributed by atoms with E-state index >= 15 is 0 Å². The van der Waals surface area contributed by atoms with Crippen LogP contribution in [0.2, 0.25) is 0 Å². The van der Waals surface area contributed by atoms with Gasteiger partial charge in [0.15, 0.2) is 0 Å². The lowest BCUT2D eigenvalue weighted by Crippen LogP contribution is -2.49.